The zero-order valence-corrected chi connectivity index (χ0v) is 18.5. The van der Waals surface area contributed by atoms with Crippen molar-refractivity contribution in [3.63, 3.8) is 0 Å². The van der Waals surface area contributed by atoms with E-state index in [2.05, 4.69) is 6.92 Å². The molecular formula is C24H50N2O. The zero-order valence-electron chi connectivity index (χ0n) is 18.5. The monoisotopic (exact) mass is 382 g/mol. The summed E-state index contributed by atoms with van der Waals surface area (Å²) in [5.41, 5.74) is 11.6. The van der Waals surface area contributed by atoms with Crippen LogP contribution in [-0.2, 0) is 4.79 Å². The Morgan fingerprint density at radius 1 is 0.630 bits per heavy atom. The molecule has 0 bridgehead atoms. The van der Waals surface area contributed by atoms with Crippen molar-refractivity contribution in [1.82, 2.24) is 0 Å². The van der Waals surface area contributed by atoms with Crippen LogP contribution in [0.4, 0.5) is 0 Å². The van der Waals surface area contributed by atoms with Gasteiger partial charge in [0.1, 0.15) is 5.78 Å². The van der Waals surface area contributed by atoms with E-state index < -0.39 is 0 Å². The third-order valence-electron chi connectivity index (χ3n) is 5.66. The molecule has 162 valence electrons. The number of hydrogen-bond acceptors (Lipinski definition) is 3. The first-order valence-corrected chi connectivity index (χ1v) is 12.2. The molecule has 0 aromatic rings. The number of unbranched alkanes of at least 4 members (excludes halogenated alkanes) is 16. The second-order valence-electron chi connectivity index (χ2n) is 8.41. The fourth-order valence-electron chi connectivity index (χ4n) is 3.70. The Bertz CT molecular complexity index is 307. The Labute approximate surface area is 170 Å². The van der Waals surface area contributed by atoms with Crippen molar-refractivity contribution in [2.45, 2.75) is 141 Å². The van der Waals surface area contributed by atoms with Gasteiger partial charge in [0, 0.05) is 6.42 Å². The standard InChI is InChI=1S/C24H50N2O/c1-2-3-4-5-6-8-12-15-18-21-24(27)23(26)20-17-14-11-9-7-10-13-16-19-22-25/h23H,2-22,25-26H2,1H3. The third kappa shape index (κ3) is 20.1. The van der Waals surface area contributed by atoms with Crippen molar-refractivity contribution in [1.29, 1.82) is 0 Å². The van der Waals surface area contributed by atoms with Gasteiger partial charge in [-0.15, -0.1) is 0 Å². The highest BCUT2D eigenvalue weighted by Crippen LogP contribution is 2.13. The summed E-state index contributed by atoms with van der Waals surface area (Å²) in [4.78, 5) is 12.1. The lowest BCUT2D eigenvalue weighted by molar-refractivity contribution is -0.120. The molecule has 3 nitrogen and oxygen atoms in total. The maximum absolute atomic E-state index is 12.1. The van der Waals surface area contributed by atoms with E-state index in [0.29, 0.717) is 6.42 Å². The number of ketones is 1. The number of carbonyl (C=O) groups excluding carboxylic acids is 1. The minimum atomic E-state index is -0.213. The van der Waals surface area contributed by atoms with Crippen molar-refractivity contribution < 1.29 is 4.79 Å². The van der Waals surface area contributed by atoms with Crippen molar-refractivity contribution in [3.05, 3.63) is 0 Å². The van der Waals surface area contributed by atoms with Crippen LogP contribution in [0.25, 0.3) is 0 Å². The van der Waals surface area contributed by atoms with Gasteiger partial charge in [-0.25, -0.2) is 0 Å². The fraction of sp³-hybridized carbons (Fsp3) is 0.958. The SMILES string of the molecule is CCCCCCCCCCCC(=O)C(N)CCCCCCCCCCCN. The molecule has 0 amide bonds. The number of hydrogen-bond donors (Lipinski definition) is 2. The van der Waals surface area contributed by atoms with Crippen LogP contribution in [-0.4, -0.2) is 18.4 Å². The van der Waals surface area contributed by atoms with Crippen LogP contribution in [0.1, 0.15) is 135 Å². The molecule has 4 N–H and O–H groups in total. The Balaban J connectivity index is 3.32. The van der Waals surface area contributed by atoms with Crippen LogP contribution < -0.4 is 11.5 Å². The topological polar surface area (TPSA) is 69.1 Å². The zero-order chi connectivity index (χ0) is 20.0. The summed E-state index contributed by atoms with van der Waals surface area (Å²) in [6, 6.07) is -0.213. The van der Waals surface area contributed by atoms with Gasteiger partial charge < -0.3 is 11.5 Å². The average Bonchev–Trinajstić information content (AvgIpc) is 2.67. The quantitative estimate of drug-likeness (QED) is 0.206. The van der Waals surface area contributed by atoms with Gasteiger partial charge in [-0.05, 0) is 25.8 Å². The van der Waals surface area contributed by atoms with Crippen molar-refractivity contribution in [2.75, 3.05) is 6.54 Å². The summed E-state index contributed by atoms with van der Waals surface area (Å²) in [7, 11) is 0. The van der Waals surface area contributed by atoms with Gasteiger partial charge in [-0.3, -0.25) is 4.79 Å². The largest absolute Gasteiger partial charge is 0.330 e. The molecule has 0 aromatic heterocycles. The number of carbonyl (C=O) groups is 1. The number of rotatable bonds is 22. The Hall–Kier alpha value is -0.410. The molecule has 1 atom stereocenters. The summed E-state index contributed by atoms with van der Waals surface area (Å²) in [6.07, 6.45) is 24.6. The smallest absolute Gasteiger partial charge is 0.149 e. The third-order valence-corrected chi connectivity index (χ3v) is 5.66. The highest BCUT2D eigenvalue weighted by atomic mass is 16.1. The normalized spacial score (nSPS) is 12.4. The Morgan fingerprint density at radius 2 is 1.04 bits per heavy atom. The minimum absolute atomic E-state index is 0.213. The molecule has 0 heterocycles. The van der Waals surface area contributed by atoms with E-state index in [0.717, 1.165) is 25.8 Å². The summed E-state index contributed by atoms with van der Waals surface area (Å²) < 4.78 is 0. The molecule has 0 radical (unpaired) electrons. The van der Waals surface area contributed by atoms with Crippen molar-refractivity contribution >= 4 is 5.78 Å². The molecule has 0 aliphatic rings. The predicted octanol–water partition coefficient (Wildman–Crippen LogP) is 6.66. The maximum atomic E-state index is 12.1. The molecule has 0 fully saturated rings. The van der Waals surface area contributed by atoms with E-state index in [1.165, 1.54) is 103 Å². The lowest BCUT2D eigenvalue weighted by Crippen LogP contribution is -2.30. The Morgan fingerprint density at radius 3 is 1.52 bits per heavy atom. The van der Waals surface area contributed by atoms with Crippen LogP contribution in [0.2, 0.25) is 0 Å². The van der Waals surface area contributed by atoms with Gasteiger partial charge in [0.2, 0.25) is 0 Å². The first-order chi connectivity index (χ1) is 13.2. The summed E-state index contributed by atoms with van der Waals surface area (Å²) in [6.45, 7) is 3.09. The molecular weight excluding hydrogens is 332 g/mol. The predicted molar refractivity (Wildman–Crippen MR) is 120 cm³/mol. The molecule has 1 unspecified atom stereocenters. The highest BCUT2D eigenvalue weighted by Gasteiger charge is 2.12. The van der Waals surface area contributed by atoms with Gasteiger partial charge in [0.25, 0.3) is 0 Å². The highest BCUT2D eigenvalue weighted by molar-refractivity contribution is 5.83. The lowest BCUT2D eigenvalue weighted by atomic mass is 9.99. The summed E-state index contributed by atoms with van der Waals surface area (Å²) in [5.74, 6) is 0.290. The van der Waals surface area contributed by atoms with Crippen LogP contribution in [0.15, 0.2) is 0 Å². The molecule has 0 aliphatic heterocycles. The summed E-state index contributed by atoms with van der Waals surface area (Å²) >= 11 is 0. The van der Waals surface area contributed by atoms with Crippen LogP contribution in [0, 0.1) is 0 Å². The van der Waals surface area contributed by atoms with Crippen molar-refractivity contribution in [3.8, 4) is 0 Å². The van der Waals surface area contributed by atoms with Crippen molar-refractivity contribution in [2.24, 2.45) is 11.5 Å². The van der Waals surface area contributed by atoms with E-state index in [1.807, 2.05) is 0 Å². The fourth-order valence-corrected chi connectivity index (χ4v) is 3.70. The van der Waals surface area contributed by atoms with Crippen LogP contribution >= 0.6 is 0 Å². The lowest BCUT2D eigenvalue weighted by Gasteiger charge is -2.10. The van der Waals surface area contributed by atoms with E-state index in [9.17, 15) is 4.79 Å². The van der Waals surface area contributed by atoms with Crippen LogP contribution in [0.3, 0.4) is 0 Å². The van der Waals surface area contributed by atoms with Gasteiger partial charge in [-0.2, -0.15) is 0 Å². The molecule has 0 saturated heterocycles. The second kappa shape index (κ2) is 21.9. The number of Topliss-reactive ketones (excluding diaryl/α,β-unsaturated/α-hetero) is 1. The molecule has 0 spiro atoms. The van der Waals surface area contributed by atoms with Gasteiger partial charge in [0.15, 0.2) is 0 Å². The Kier molecular flexibility index (Phi) is 21.6. The first kappa shape index (κ1) is 26.6. The summed E-state index contributed by atoms with van der Waals surface area (Å²) in [5, 5.41) is 0. The van der Waals surface area contributed by atoms with E-state index >= 15 is 0 Å². The van der Waals surface area contributed by atoms with Gasteiger partial charge >= 0.3 is 0 Å². The van der Waals surface area contributed by atoms with E-state index in [4.69, 9.17) is 11.5 Å². The van der Waals surface area contributed by atoms with E-state index in [-0.39, 0.29) is 11.8 Å². The average molecular weight is 383 g/mol. The second-order valence-corrected chi connectivity index (χ2v) is 8.41. The molecule has 3 heteroatoms. The van der Waals surface area contributed by atoms with Gasteiger partial charge in [0.05, 0.1) is 6.04 Å². The van der Waals surface area contributed by atoms with Gasteiger partial charge in [-0.1, -0.05) is 110 Å². The molecule has 0 aliphatic carbocycles. The first-order valence-electron chi connectivity index (χ1n) is 12.2. The van der Waals surface area contributed by atoms with E-state index in [1.54, 1.807) is 0 Å². The molecule has 0 saturated carbocycles. The molecule has 0 rings (SSSR count). The molecule has 0 aromatic carbocycles. The van der Waals surface area contributed by atoms with Crippen LogP contribution in [0.5, 0.6) is 0 Å². The number of nitrogens with two attached hydrogens (primary N) is 2. The minimum Gasteiger partial charge on any atom is -0.330 e. The maximum Gasteiger partial charge on any atom is 0.149 e. The molecule has 27 heavy (non-hydrogen) atoms.